The summed E-state index contributed by atoms with van der Waals surface area (Å²) in [4.78, 5) is 16.2. The highest BCUT2D eigenvalue weighted by Crippen LogP contribution is 2.03. The maximum Gasteiger partial charge on any atom is 0.244 e. The molecule has 1 aromatic heterocycles. The highest BCUT2D eigenvalue weighted by atomic mass is 16.2. The van der Waals surface area contributed by atoms with Gasteiger partial charge in [0.05, 0.1) is 0 Å². The summed E-state index contributed by atoms with van der Waals surface area (Å²) in [6.07, 6.45) is 1.73. The second-order valence-corrected chi connectivity index (χ2v) is 5.48. The van der Waals surface area contributed by atoms with Crippen molar-refractivity contribution in [1.29, 1.82) is 0 Å². The maximum atomic E-state index is 12.3. The molecule has 0 radical (unpaired) electrons. The van der Waals surface area contributed by atoms with Crippen LogP contribution in [0.4, 0.5) is 5.82 Å². The summed E-state index contributed by atoms with van der Waals surface area (Å²) in [6.45, 7) is 6.84. The summed E-state index contributed by atoms with van der Waals surface area (Å²) >= 11 is 0. The molecule has 1 aromatic rings. The van der Waals surface area contributed by atoms with E-state index in [9.17, 15) is 4.79 Å². The van der Waals surface area contributed by atoms with E-state index in [0.29, 0.717) is 11.7 Å². The average molecular weight is 267 g/mol. The van der Waals surface area contributed by atoms with Gasteiger partial charge in [0, 0.05) is 25.8 Å². The van der Waals surface area contributed by atoms with E-state index in [0.717, 1.165) is 19.6 Å². The summed E-state index contributed by atoms with van der Waals surface area (Å²) < 4.78 is 1.58. The number of nitrogens with two attached hydrogens (primary N) is 1. The predicted octanol–water partition coefficient (Wildman–Crippen LogP) is 0.512. The molecule has 0 bridgehead atoms. The molecule has 0 saturated carbocycles. The number of carbonyl (C=O) groups excluding carboxylic acids is 1. The van der Waals surface area contributed by atoms with Crippen molar-refractivity contribution in [2.45, 2.75) is 20.4 Å². The quantitative estimate of drug-likeness (QED) is 0.781. The zero-order chi connectivity index (χ0) is 14.4. The van der Waals surface area contributed by atoms with Crippen LogP contribution in [0.15, 0.2) is 12.3 Å². The highest BCUT2D eigenvalue weighted by Gasteiger charge is 2.15. The van der Waals surface area contributed by atoms with Crippen molar-refractivity contribution in [3.63, 3.8) is 0 Å². The Balaban J connectivity index is 2.59. The van der Waals surface area contributed by atoms with Gasteiger partial charge in [0.2, 0.25) is 5.91 Å². The van der Waals surface area contributed by atoms with Crippen LogP contribution in [0.2, 0.25) is 0 Å². The lowest BCUT2D eigenvalue weighted by molar-refractivity contribution is -0.132. The number of amides is 1. The first-order valence-corrected chi connectivity index (χ1v) is 6.60. The largest absolute Gasteiger partial charge is 0.382 e. The molecule has 2 N–H and O–H groups in total. The summed E-state index contributed by atoms with van der Waals surface area (Å²) in [5.41, 5.74) is 5.55. The van der Waals surface area contributed by atoms with E-state index >= 15 is 0 Å². The summed E-state index contributed by atoms with van der Waals surface area (Å²) in [5.74, 6) is 0.976. The molecule has 0 saturated heterocycles. The Hall–Kier alpha value is -1.56. The van der Waals surface area contributed by atoms with Crippen LogP contribution in [-0.2, 0) is 11.3 Å². The topological polar surface area (TPSA) is 67.4 Å². The molecule has 0 aliphatic rings. The van der Waals surface area contributed by atoms with E-state index in [-0.39, 0.29) is 12.5 Å². The van der Waals surface area contributed by atoms with Crippen LogP contribution in [0.25, 0.3) is 0 Å². The van der Waals surface area contributed by atoms with Crippen molar-refractivity contribution in [3.05, 3.63) is 12.3 Å². The first-order chi connectivity index (χ1) is 8.88. The molecule has 6 nitrogen and oxygen atoms in total. The monoisotopic (exact) mass is 267 g/mol. The molecule has 1 heterocycles. The lowest BCUT2D eigenvalue weighted by Gasteiger charge is -2.26. The molecular weight excluding hydrogens is 242 g/mol. The molecule has 0 aromatic carbocycles. The molecule has 108 valence electrons. The molecule has 19 heavy (non-hydrogen) atoms. The number of carbonyl (C=O) groups is 1. The number of nitrogen functional groups attached to an aromatic ring is 1. The highest BCUT2D eigenvalue weighted by molar-refractivity contribution is 5.76. The fourth-order valence-electron chi connectivity index (χ4n) is 1.78. The van der Waals surface area contributed by atoms with Crippen LogP contribution in [0.5, 0.6) is 0 Å². The molecule has 1 amide bonds. The molecule has 0 unspecified atom stereocenters. The molecule has 1 rings (SSSR count). The number of hydrogen-bond donors (Lipinski definition) is 1. The van der Waals surface area contributed by atoms with Gasteiger partial charge < -0.3 is 15.5 Å². The van der Waals surface area contributed by atoms with Crippen LogP contribution < -0.4 is 5.73 Å². The normalized spacial score (nSPS) is 11.3. The summed E-state index contributed by atoms with van der Waals surface area (Å²) in [7, 11) is 4.01. The second kappa shape index (κ2) is 7.13. The van der Waals surface area contributed by atoms with Gasteiger partial charge in [-0.25, -0.2) is 0 Å². The lowest BCUT2D eigenvalue weighted by atomic mass is 10.2. The van der Waals surface area contributed by atoms with Gasteiger partial charge in [-0.3, -0.25) is 9.48 Å². The Labute approximate surface area is 115 Å². The molecule has 0 aliphatic carbocycles. The van der Waals surface area contributed by atoms with Crippen LogP contribution in [0, 0.1) is 5.92 Å². The molecule has 0 fully saturated rings. The zero-order valence-electron chi connectivity index (χ0n) is 12.3. The number of anilines is 1. The minimum Gasteiger partial charge on any atom is -0.382 e. The molecule has 0 atom stereocenters. The Morgan fingerprint density at radius 3 is 2.58 bits per heavy atom. The van der Waals surface area contributed by atoms with Gasteiger partial charge in [0.25, 0.3) is 0 Å². The van der Waals surface area contributed by atoms with Crippen LogP contribution in [0.1, 0.15) is 13.8 Å². The molecule has 0 spiro atoms. The molecular formula is C13H25N5O. The van der Waals surface area contributed by atoms with E-state index in [1.165, 1.54) is 0 Å². The van der Waals surface area contributed by atoms with Crippen molar-refractivity contribution in [3.8, 4) is 0 Å². The van der Waals surface area contributed by atoms with Gasteiger partial charge >= 0.3 is 0 Å². The number of aromatic nitrogens is 2. The van der Waals surface area contributed by atoms with E-state index in [2.05, 4.69) is 23.8 Å². The van der Waals surface area contributed by atoms with Gasteiger partial charge in [0.1, 0.15) is 12.4 Å². The van der Waals surface area contributed by atoms with Crippen LogP contribution in [-0.4, -0.2) is 59.2 Å². The molecule has 0 aliphatic heterocycles. The Morgan fingerprint density at radius 1 is 1.42 bits per heavy atom. The first-order valence-electron chi connectivity index (χ1n) is 6.60. The summed E-state index contributed by atoms with van der Waals surface area (Å²) in [6, 6.07) is 1.69. The van der Waals surface area contributed by atoms with Crippen molar-refractivity contribution in [2.24, 2.45) is 5.92 Å². The number of likely N-dealkylation sites (N-methyl/N-ethyl adjacent to an activating group) is 1. The van der Waals surface area contributed by atoms with Crippen molar-refractivity contribution >= 4 is 11.7 Å². The SMILES string of the molecule is CC(C)CN(CCN(C)C)C(=O)Cn1ccc(N)n1. The third-order valence-electron chi connectivity index (χ3n) is 2.71. The Kier molecular flexibility index (Phi) is 5.82. The number of hydrogen-bond acceptors (Lipinski definition) is 4. The third-order valence-corrected chi connectivity index (χ3v) is 2.71. The van der Waals surface area contributed by atoms with Gasteiger partial charge in [0.15, 0.2) is 0 Å². The van der Waals surface area contributed by atoms with Crippen molar-refractivity contribution < 1.29 is 4.79 Å². The van der Waals surface area contributed by atoms with Crippen molar-refractivity contribution in [2.75, 3.05) is 39.5 Å². The average Bonchev–Trinajstić information content (AvgIpc) is 2.69. The Morgan fingerprint density at radius 2 is 2.11 bits per heavy atom. The Bertz CT molecular complexity index is 399. The zero-order valence-corrected chi connectivity index (χ0v) is 12.3. The number of rotatable bonds is 7. The minimum absolute atomic E-state index is 0.0821. The van der Waals surface area contributed by atoms with E-state index < -0.39 is 0 Å². The van der Waals surface area contributed by atoms with E-state index in [1.807, 2.05) is 19.0 Å². The summed E-state index contributed by atoms with van der Waals surface area (Å²) in [5, 5.41) is 4.04. The van der Waals surface area contributed by atoms with Crippen molar-refractivity contribution in [1.82, 2.24) is 19.6 Å². The van der Waals surface area contributed by atoms with Gasteiger partial charge in [-0.15, -0.1) is 0 Å². The van der Waals surface area contributed by atoms with Gasteiger partial charge in [-0.2, -0.15) is 5.10 Å². The second-order valence-electron chi connectivity index (χ2n) is 5.48. The smallest absolute Gasteiger partial charge is 0.244 e. The third kappa shape index (κ3) is 5.74. The predicted molar refractivity (Wildman–Crippen MR) is 76.6 cm³/mol. The minimum atomic E-state index is 0.0821. The number of nitrogens with zero attached hydrogens (tertiary/aromatic N) is 4. The van der Waals surface area contributed by atoms with Crippen LogP contribution in [0.3, 0.4) is 0 Å². The standard InChI is InChI=1S/C13H25N5O/c1-11(2)9-17(8-7-16(3)4)13(19)10-18-6-5-12(14)15-18/h5-6,11H,7-10H2,1-4H3,(H2,14,15). The lowest BCUT2D eigenvalue weighted by Crippen LogP contribution is -2.40. The maximum absolute atomic E-state index is 12.3. The molecule has 6 heteroatoms. The first kappa shape index (κ1) is 15.5. The van der Waals surface area contributed by atoms with Crippen LogP contribution >= 0.6 is 0 Å². The van der Waals surface area contributed by atoms with E-state index in [4.69, 9.17) is 5.73 Å². The van der Waals surface area contributed by atoms with E-state index in [1.54, 1.807) is 16.9 Å². The van der Waals surface area contributed by atoms with Gasteiger partial charge in [-0.1, -0.05) is 13.8 Å². The van der Waals surface area contributed by atoms with Gasteiger partial charge in [-0.05, 0) is 26.1 Å². The fourth-order valence-corrected chi connectivity index (χ4v) is 1.78. The fraction of sp³-hybridized carbons (Fsp3) is 0.692.